The molecule has 130 valence electrons. The molecule has 0 amide bonds. The molecule has 2 unspecified atom stereocenters. The molecule has 0 aliphatic heterocycles. The molecule has 1 heterocycles. The van der Waals surface area contributed by atoms with Gasteiger partial charge in [0, 0.05) is 6.04 Å². The summed E-state index contributed by atoms with van der Waals surface area (Å²) in [6.07, 6.45) is 1.61. The average Bonchev–Trinajstić information content (AvgIpc) is 3.20. The number of rotatable bonds is 8. The Morgan fingerprint density at radius 2 is 1.76 bits per heavy atom. The maximum Gasteiger partial charge on any atom is 0.123 e. The van der Waals surface area contributed by atoms with Crippen molar-refractivity contribution in [3.05, 3.63) is 89.9 Å². The average molecular weight is 337 g/mol. The van der Waals surface area contributed by atoms with Gasteiger partial charge in [-0.3, -0.25) is 5.32 Å². The third-order valence-corrected chi connectivity index (χ3v) is 4.15. The van der Waals surface area contributed by atoms with Crippen molar-refractivity contribution in [3.63, 3.8) is 0 Å². The van der Waals surface area contributed by atoms with Crippen molar-refractivity contribution in [3.8, 4) is 5.75 Å². The summed E-state index contributed by atoms with van der Waals surface area (Å²) in [7, 11) is 0. The van der Waals surface area contributed by atoms with Gasteiger partial charge >= 0.3 is 0 Å². The second kappa shape index (κ2) is 8.51. The van der Waals surface area contributed by atoms with Crippen LogP contribution >= 0.6 is 0 Å². The highest BCUT2D eigenvalue weighted by molar-refractivity contribution is 5.29. The normalized spacial score (nSPS) is 13.4. The lowest BCUT2D eigenvalue weighted by molar-refractivity contribution is 0.217. The van der Waals surface area contributed by atoms with E-state index in [2.05, 4.69) is 12.2 Å². The van der Waals surface area contributed by atoms with Crippen LogP contribution in [0.1, 0.15) is 35.9 Å². The van der Waals surface area contributed by atoms with E-state index in [1.54, 1.807) is 6.26 Å². The predicted molar refractivity (Wildman–Crippen MR) is 97.3 cm³/mol. The van der Waals surface area contributed by atoms with Gasteiger partial charge in [0.15, 0.2) is 0 Å². The highest BCUT2D eigenvalue weighted by Gasteiger charge is 2.16. The van der Waals surface area contributed by atoms with Crippen LogP contribution in [0.4, 0.5) is 0 Å². The standard InChI is InChI=1S/C21H23NO3/c1-16(22-20(14-23)21-8-5-13-24-21)18-9-11-19(12-10-18)25-15-17-6-3-2-4-7-17/h2-13,16,20,22-23H,14-15H2,1H3. The first kappa shape index (κ1) is 17.3. The van der Waals surface area contributed by atoms with E-state index >= 15 is 0 Å². The van der Waals surface area contributed by atoms with E-state index in [-0.39, 0.29) is 18.7 Å². The van der Waals surface area contributed by atoms with Crippen LogP contribution in [0, 0.1) is 0 Å². The quantitative estimate of drug-likeness (QED) is 0.645. The summed E-state index contributed by atoms with van der Waals surface area (Å²) >= 11 is 0. The Bertz CT molecular complexity index is 739. The van der Waals surface area contributed by atoms with Crippen LogP contribution < -0.4 is 10.1 Å². The second-order valence-electron chi connectivity index (χ2n) is 5.98. The van der Waals surface area contributed by atoms with Crippen LogP contribution in [0.5, 0.6) is 5.75 Å². The van der Waals surface area contributed by atoms with E-state index in [1.165, 1.54) is 0 Å². The summed E-state index contributed by atoms with van der Waals surface area (Å²) < 4.78 is 11.2. The van der Waals surface area contributed by atoms with Crippen molar-refractivity contribution in [1.29, 1.82) is 0 Å². The van der Waals surface area contributed by atoms with Gasteiger partial charge < -0.3 is 14.3 Å². The molecule has 3 rings (SSSR count). The minimum Gasteiger partial charge on any atom is -0.489 e. The number of nitrogens with one attached hydrogen (secondary N) is 1. The van der Waals surface area contributed by atoms with Crippen LogP contribution in [-0.2, 0) is 6.61 Å². The van der Waals surface area contributed by atoms with Crippen LogP contribution in [0.2, 0.25) is 0 Å². The molecule has 0 spiro atoms. The Hall–Kier alpha value is -2.56. The third kappa shape index (κ3) is 4.72. The van der Waals surface area contributed by atoms with Crippen LogP contribution in [0.3, 0.4) is 0 Å². The molecule has 4 nitrogen and oxygen atoms in total. The topological polar surface area (TPSA) is 54.6 Å². The number of benzene rings is 2. The number of aliphatic hydroxyl groups excluding tert-OH is 1. The molecule has 0 radical (unpaired) electrons. The van der Waals surface area contributed by atoms with Gasteiger partial charge in [0.05, 0.1) is 18.9 Å². The molecule has 1 aromatic heterocycles. The van der Waals surface area contributed by atoms with Gasteiger partial charge in [0.1, 0.15) is 18.1 Å². The summed E-state index contributed by atoms with van der Waals surface area (Å²) in [6, 6.07) is 21.6. The predicted octanol–water partition coefficient (Wildman–Crippen LogP) is 4.24. The SMILES string of the molecule is CC(NC(CO)c1ccco1)c1ccc(OCc2ccccc2)cc1. The fourth-order valence-corrected chi connectivity index (χ4v) is 2.71. The molecule has 2 aromatic carbocycles. The molecule has 0 fully saturated rings. The Morgan fingerprint density at radius 1 is 1.00 bits per heavy atom. The Kier molecular flexibility index (Phi) is 5.88. The number of ether oxygens (including phenoxy) is 1. The van der Waals surface area contributed by atoms with Crippen molar-refractivity contribution >= 4 is 0 Å². The summed E-state index contributed by atoms with van der Waals surface area (Å²) in [6.45, 7) is 2.60. The largest absolute Gasteiger partial charge is 0.489 e. The van der Waals surface area contributed by atoms with Crippen LogP contribution in [0.15, 0.2) is 77.4 Å². The maximum atomic E-state index is 9.57. The van der Waals surface area contributed by atoms with E-state index in [9.17, 15) is 5.11 Å². The van der Waals surface area contributed by atoms with Crippen molar-refractivity contribution in [1.82, 2.24) is 5.32 Å². The monoisotopic (exact) mass is 337 g/mol. The first-order chi connectivity index (χ1) is 12.3. The molecular formula is C21H23NO3. The first-order valence-corrected chi connectivity index (χ1v) is 8.43. The minimum absolute atomic E-state index is 0.0177. The highest BCUT2D eigenvalue weighted by Crippen LogP contribution is 2.22. The van der Waals surface area contributed by atoms with E-state index in [0.717, 1.165) is 22.6 Å². The lowest BCUT2D eigenvalue weighted by Crippen LogP contribution is -2.26. The smallest absolute Gasteiger partial charge is 0.123 e. The lowest BCUT2D eigenvalue weighted by atomic mass is 10.1. The fraction of sp³-hybridized carbons (Fsp3) is 0.238. The fourth-order valence-electron chi connectivity index (χ4n) is 2.71. The Balaban J connectivity index is 1.57. The minimum atomic E-state index is -0.223. The zero-order valence-electron chi connectivity index (χ0n) is 14.3. The summed E-state index contributed by atoms with van der Waals surface area (Å²) in [5, 5.41) is 13.0. The number of hydrogen-bond donors (Lipinski definition) is 2. The van der Waals surface area contributed by atoms with Gasteiger partial charge in [-0.25, -0.2) is 0 Å². The van der Waals surface area contributed by atoms with Gasteiger partial charge in [0.25, 0.3) is 0 Å². The molecule has 25 heavy (non-hydrogen) atoms. The molecule has 0 aliphatic carbocycles. The molecule has 0 saturated heterocycles. The van der Waals surface area contributed by atoms with Gasteiger partial charge in [-0.05, 0) is 42.3 Å². The molecule has 2 atom stereocenters. The summed E-state index contributed by atoms with van der Waals surface area (Å²) in [5.41, 5.74) is 2.27. The van der Waals surface area contributed by atoms with Crippen LogP contribution in [0.25, 0.3) is 0 Å². The van der Waals surface area contributed by atoms with Crippen LogP contribution in [-0.4, -0.2) is 11.7 Å². The Morgan fingerprint density at radius 3 is 2.40 bits per heavy atom. The van der Waals surface area contributed by atoms with Crippen molar-refractivity contribution in [2.45, 2.75) is 25.6 Å². The molecule has 0 saturated carbocycles. The summed E-state index contributed by atoms with van der Waals surface area (Å²) in [5.74, 6) is 1.57. The molecule has 0 aliphatic rings. The second-order valence-corrected chi connectivity index (χ2v) is 5.98. The van der Waals surface area contributed by atoms with E-state index in [1.807, 2.05) is 66.7 Å². The van der Waals surface area contributed by atoms with Gasteiger partial charge in [-0.15, -0.1) is 0 Å². The molecule has 2 N–H and O–H groups in total. The maximum absolute atomic E-state index is 9.57. The van der Waals surface area contributed by atoms with E-state index in [4.69, 9.17) is 9.15 Å². The van der Waals surface area contributed by atoms with E-state index in [0.29, 0.717) is 6.61 Å². The Labute approximate surface area is 148 Å². The third-order valence-electron chi connectivity index (χ3n) is 4.15. The zero-order chi connectivity index (χ0) is 17.5. The number of hydrogen-bond acceptors (Lipinski definition) is 4. The number of furan rings is 1. The molecule has 4 heteroatoms. The highest BCUT2D eigenvalue weighted by atomic mass is 16.5. The van der Waals surface area contributed by atoms with Crippen molar-refractivity contribution in [2.75, 3.05) is 6.61 Å². The summed E-state index contributed by atoms with van der Waals surface area (Å²) in [4.78, 5) is 0. The van der Waals surface area contributed by atoms with E-state index < -0.39 is 0 Å². The van der Waals surface area contributed by atoms with Crippen molar-refractivity contribution in [2.24, 2.45) is 0 Å². The number of aliphatic hydroxyl groups is 1. The molecule has 0 bridgehead atoms. The van der Waals surface area contributed by atoms with Gasteiger partial charge in [0.2, 0.25) is 0 Å². The molecule has 3 aromatic rings. The van der Waals surface area contributed by atoms with Crippen molar-refractivity contribution < 1.29 is 14.3 Å². The zero-order valence-corrected chi connectivity index (χ0v) is 14.3. The molecular weight excluding hydrogens is 314 g/mol. The first-order valence-electron chi connectivity index (χ1n) is 8.43. The lowest BCUT2D eigenvalue weighted by Gasteiger charge is -2.20. The van der Waals surface area contributed by atoms with Gasteiger partial charge in [-0.1, -0.05) is 42.5 Å². The van der Waals surface area contributed by atoms with Gasteiger partial charge in [-0.2, -0.15) is 0 Å².